The van der Waals surface area contributed by atoms with Crippen molar-refractivity contribution >= 4 is 23.2 Å². The van der Waals surface area contributed by atoms with Crippen molar-refractivity contribution in [3.05, 3.63) is 52.5 Å². The number of rotatable bonds is 8. The van der Waals surface area contributed by atoms with Crippen LogP contribution in [0.15, 0.2) is 36.4 Å². The second kappa shape index (κ2) is 11.5. The van der Waals surface area contributed by atoms with Crippen molar-refractivity contribution in [2.75, 3.05) is 51.8 Å². The van der Waals surface area contributed by atoms with E-state index in [1.807, 2.05) is 17.0 Å². The van der Waals surface area contributed by atoms with Crippen molar-refractivity contribution in [1.82, 2.24) is 9.80 Å². The molecule has 6 nitrogen and oxygen atoms in total. The molecule has 0 aliphatic carbocycles. The van der Waals surface area contributed by atoms with Gasteiger partial charge in [-0.3, -0.25) is 9.69 Å². The van der Waals surface area contributed by atoms with Crippen LogP contribution >= 0.6 is 11.6 Å². The van der Waals surface area contributed by atoms with Crippen LogP contribution in [0, 0.1) is 11.8 Å². The van der Waals surface area contributed by atoms with Crippen LogP contribution in [0.3, 0.4) is 0 Å². The number of halogens is 1. The summed E-state index contributed by atoms with van der Waals surface area (Å²) in [5.74, 6) is 1.91. The molecule has 190 valence electrons. The zero-order valence-corrected chi connectivity index (χ0v) is 22.2. The van der Waals surface area contributed by atoms with Gasteiger partial charge >= 0.3 is 0 Å². The summed E-state index contributed by atoms with van der Waals surface area (Å²) in [6, 6.07) is 12.6. The average molecular weight is 500 g/mol. The molecule has 0 radical (unpaired) electrons. The first kappa shape index (κ1) is 25.6. The van der Waals surface area contributed by atoms with E-state index in [4.69, 9.17) is 21.1 Å². The molecule has 4 rings (SSSR count). The van der Waals surface area contributed by atoms with E-state index in [1.54, 1.807) is 0 Å². The van der Waals surface area contributed by atoms with E-state index in [2.05, 4.69) is 62.0 Å². The molecule has 1 amide bonds. The number of carbonyl (C=O) groups excluding carboxylic acids is 1. The van der Waals surface area contributed by atoms with Crippen LogP contribution in [0.1, 0.15) is 37.8 Å². The SMILES string of the molecule is CC(C)CN(Cc1cc(Cl)c2c(c1)OCCCO2)C(=O)[C@@H]1CCN(Cc2ccc(N(C)C)cc2)C1. The number of benzene rings is 2. The van der Waals surface area contributed by atoms with Crippen molar-refractivity contribution in [2.24, 2.45) is 11.8 Å². The van der Waals surface area contributed by atoms with Crippen molar-refractivity contribution in [1.29, 1.82) is 0 Å². The lowest BCUT2D eigenvalue weighted by atomic mass is 10.0. The molecule has 1 saturated heterocycles. The first-order valence-electron chi connectivity index (χ1n) is 12.7. The highest BCUT2D eigenvalue weighted by molar-refractivity contribution is 6.32. The fourth-order valence-corrected chi connectivity index (χ4v) is 5.15. The van der Waals surface area contributed by atoms with Gasteiger partial charge in [-0.05, 0) is 54.3 Å². The lowest BCUT2D eigenvalue weighted by Crippen LogP contribution is -2.39. The van der Waals surface area contributed by atoms with Gasteiger partial charge in [0.1, 0.15) is 0 Å². The van der Waals surface area contributed by atoms with Gasteiger partial charge in [-0.2, -0.15) is 0 Å². The van der Waals surface area contributed by atoms with Crippen LogP contribution in [-0.2, 0) is 17.9 Å². The van der Waals surface area contributed by atoms with Gasteiger partial charge in [0.2, 0.25) is 5.91 Å². The highest BCUT2D eigenvalue weighted by Gasteiger charge is 2.32. The zero-order valence-electron chi connectivity index (χ0n) is 21.4. The Kier molecular flexibility index (Phi) is 8.45. The molecule has 0 aromatic heterocycles. The third kappa shape index (κ3) is 6.62. The van der Waals surface area contributed by atoms with Crippen molar-refractivity contribution in [2.45, 2.75) is 39.8 Å². The fraction of sp³-hybridized carbons (Fsp3) is 0.536. The number of nitrogens with zero attached hydrogens (tertiary/aromatic N) is 3. The quantitative estimate of drug-likeness (QED) is 0.507. The summed E-state index contributed by atoms with van der Waals surface area (Å²) in [5.41, 5.74) is 3.45. The van der Waals surface area contributed by atoms with Gasteiger partial charge in [0.15, 0.2) is 11.5 Å². The standard InChI is InChI=1S/C28H38ClN3O3/c1-20(2)16-32(18-22-14-25(29)27-26(15-22)34-12-5-13-35-27)28(33)23-10-11-31(19-23)17-21-6-8-24(9-7-21)30(3)4/h6-9,14-15,20,23H,5,10-13,16-19H2,1-4H3/t23-/m1/s1. The van der Waals surface area contributed by atoms with Gasteiger partial charge < -0.3 is 19.3 Å². The molecule has 2 aromatic carbocycles. The van der Waals surface area contributed by atoms with Crippen LogP contribution in [0.4, 0.5) is 5.69 Å². The van der Waals surface area contributed by atoms with E-state index in [9.17, 15) is 4.79 Å². The second-order valence-corrected chi connectivity index (χ2v) is 10.8. The minimum atomic E-state index is 0.0191. The molecule has 1 atom stereocenters. The molecule has 0 bridgehead atoms. The fourth-order valence-electron chi connectivity index (χ4n) is 4.86. The van der Waals surface area contributed by atoms with Crippen molar-refractivity contribution in [3.8, 4) is 11.5 Å². The Labute approximate surface area is 214 Å². The van der Waals surface area contributed by atoms with Crippen LogP contribution < -0.4 is 14.4 Å². The summed E-state index contributed by atoms with van der Waals surface area (Å²) >= 11 is 6.52. The van der Waals surface area contributed by atoms with Crippen molar-refractivity contribution in [3.63, 3.8) is 0 Å². The van der Waals surface area contributed by atoms with Gasteiger partial charge in [0.25, 0.3) is 0 Å². The highest BCUT2D eigenvalue weighted by atomic mass is 35.5. The third-order valence-corrected chi connectivity index (χ3v) is 6.89. The normalized spacial score (nSPS) is 17.9. The second-order valence-electron chi connectivity index (χ2n) is 10.3. The summed E-state index contributed by atoms with van der Waals surface area (Å²) in [6.07, 6.45) is 1.72. The number of ether oxygens (including phenoxy) is 2. The van der Waals surface area contributed by atoms with E-state index in [1.165, 1.54) is 11.3 Å². The molecule has 2 aliphatic heterocycles. The first-order valence-corrected chi connectivity index (χ1v) is 13.0. The molecule has 2 aromatic rings. The smallest absolute Gasteiger partial charge is 0.227 e. The largest absolute Gasteiger partial charge is 0.489 e. The molecule has 0 N–H and O–H groups in total. The number of carbonyl (C=O) groups is 1. The van der Waals surface area contributed by atoms with E-state index in [0.717, 1.165) is 38.0 Å². The monoisotopic (exact) mass is 499 g/mol. The van der Waals surface area contributed by atoms with Crippen LogP contribution in [0.5, 0.6) is 11.5 Å². The Morgan fingerprint density at radius 3 is 2.57 bits per heavy atom. The number of hydrogen-bond donors (Lipinski definition) is 0. The number of fused-ring (bicyclic) bond motifs is 1. The van der Waals surface area contributed by atoms with Crippen LogP contribution in [0.2, 0.25) is 5.02 Å². The van der Waals surface area contributed by atoms with Crippen LogP contribution in [-0.4, -0.2) is 62.7 Å². The molecule has 0 unspecified atom stereocenters. The maximum atomic E-state index is 13.6. The Balaban J connectivity index is 1.42. The molecular formula is C28H38ClN3O3. The molecule has 35 heavy (non-hydrogen) atoms. The lowest BCUT2D eigenvalue weighted by molar-refractivity contribution is -0.136. The number of anilines is 1. The van der Waals surface area contributed by atoms with E-state index >= 15 is 0 Å². The molecule has 0 saturated carbocycles. The zero-order chi connectivity index (χ0) is 24.9. The maximum Gasteiger partial charge on any atom is 0.227 e. The lowest BCUT2D eigenvalue weighted by Gasteiger charge is -2.28. The predicted molar refractivity (Wildman–Crippen MR) is 141 cm³/mol. The highest BCUT2D eigenvalue weighted by Crippen LogP contribution is 2.38. The number of hydrogen-bond acceptors (Lipinski definition) is 5. The van der Waals surface area contributed by atoms with E-state index in [-0.39, 0.29) is 11.8 Å². The minimum absolute atomic E-state index is 0.0191. The number of likely N-dealkylation sites (tertiary alicyclic amines) is 1. The Bertz CT molecular complexity index is 1010. The van der Waals surface area contributed by atoms with Gasteiger partial charge in [-0.1, -0.05) is 37.6 Å². The molecular weight excluding hydrogens is 462 g/mol. The van der Waals surface area contributed by atoms with Crippen LogP contribution in [0.25, 0.3) is 0 Å². The van der Waals surface area contributed by atoms with Gasteiger partial charge in [0.05, 0.1) is 24.2 Å². The first-order chi connectivity index (χ1) is 16.8. The Hall–Kier alpha value is -2.44. The summed E-state index contributed by atoms with van der Waals surface area (Å²) in [5, 5.41) is 0.545. The molecule has 0 spiro atoms. The van der Waals surface area contributed by atoms with Gasteiger partial charge in [-0.15, -0.1) is 0 Å². The van der Waals surface area contributed by atoms with E-state index < -0.39 is 0 Å². The minimum Gasteiger partial charge on any atom is -0.489 e. The number of amides is 1. The van der Waals surface area contributed by atoms with E-state index in [0.29, 0.717) is 48.7 Å². The summed E-state index contributed by atoms with van der Waals surface area (Å²) < 4.78 is 11.6. The van der Waals surface area contributed by atoms with Crippen molar-refractivity contribution < 1.29 is 14.3 Å². The predicted octanol–water partition coefficient (Wildman–Crippen LogP) is 5.07. The molecule has 2 heterocycles. The third-order valence-electron chi connectivity index (χ3n) is 6.61. The van der Waals surface area contributed by atoms with Gasteiger partial charge in [0, 0.05) is 52.4 Å². The van der Waals surface area contributed by atoms with Gasteiger partial charge in [-0.25, -0.2) is 0 Å². The average Bonchev–Trinajstić information content (AvgIpc) is 3.14. The summed E-state index contributed by atoms with van der Waals surface area (Å²) in [7, 11) is 4.10. The summed E-state index contributed by atoms with van der Waals surface area (Å²) in [6.45, 7) is 9.36. The topological polar surface area (TPSA) is 45.3 Å². The molecule has 7 heteroatoms. The Morgan fingerprint density at radius 1 is 1.11 bits per heavy atom. The Morgan fingerprint density at radius 2 is 1.86 bits per heavy atom. The molecule has 2 aliphatic rings. The molecule has 1 fully saturated rings. The summed E-state index contributed by atoms with van der Waals surface area (Å²) in [4.78, 5) is 20.1. The maximum absolute atomic E-state index is 13.6.